The highest BCUT2D eigenvalue weighted by Gasteiger charge is 2.21. The molecule has 2 aromatic rings. The maximum absolute atomic E-state index is 12.0. The van der Waals surface area contributed by atoms with E-state index in [0.29, 0.717) is 17.0 Å². The van der Waals surface area contributed by atoms with Gasteiger partial charge in [-0.3, -0.25) is 4.79 Å². The summed E-state index contributed by atoms with van der Waals surface area (Å²) in [4.78, 5) is 12.0. The van der Waals surface area contributed by atoms with Crippen LogP contribution in [0.25, 0.3) is 6.08 Å². The third-order valence-corrected chi connectivity index (χ3v) is 3.69. The molecule has 1 atom stereocenters. The second-order valence-electron chi connectivity index (χ2n) is 4.71. The summed E-state index contributed by atoms with van der Waals surface area (Å²) in [6.07, 6.45) is 3.89. The van der Waals surface area contributed by atoms with Gasteiger partial charge in [-0.25, -0.2) is 0 Å². The molecule has 108 valence electrons. The number of hydrogen-bond donors (Lipinski definition) is 1. The van der Waals surface area contributed by atoms with Crippen molar-refractivity contribution in [2.75, 3.05) is 6.61 Å². The summed E-state index contributed by atoms with van der Waals surface area (Å²) >= 11 is 3.22. The molecule has 5 heteroatoms. The van der Waals surface area contributed by atoms with Crippen LogP contribution in [0.4, 0.5) is 0 Å². The fourth-order valence-electron chi connectivity index (χ4n) is 2.29. The first-order valence-corrected chi connectivity index (χ1v) is 7.47. The number of rotatable bonds is 3. The molecule has 0 bridgehead atoms. The van der Waals surface area contributed by atoms with Crippen molar-refractivity contribution in [2.45, 2.75) is 12.5 Å². The Morgan fingerprint density at radius 1 is 1.29 bits per heavy atom. The Bertz CT molecular complexity index is 678. The summed E-state index contributed by atoms with van der Waals surface area (Å²) in [5.74, 6) is 1.32. The molecule has 2 heterocycles. The smallest absolute Gasteiger partial charge is 0.244 e. The molecule has 1 amide bonds. The molecule has 0 saturated carbocycles. The predicted octanol–water partition coefficient (Wildman–Crippen LogP) is 3.70. The van der Waals surface area contributed by atoms with Gasteiger partial charge in [-0.15, -0.1) is 0 Å². The third kappa shape index (κ3) is 3.36. The third-order valence-electron chi connectivity index (χ3n) is 3.27. The lowest BCUT2D eigenvalue weighted by molar-refractivity contribution is -0.117. The van der Waals surface area contributed by atoms with Crippen LogP contribution in [-0.2, 0) is 4.79 Å². The van der Waals surface area contributed by atoms with E-state index in [1.807, 2.05) is 24.3 Å². The summed E-state index contributed by atoms with van der Waals surface area (Å²) < 4.78 is 11.5. The van der Waals surface area contributed by atoms with Crippen LogP contribution < -0.4 is 10.1 Å². The van der Waals surface area contributed by atoms with Gasteiger partial charge in [0.1, 0.15) is 11.5 Å². The molecule has 3 rings (SSSR count). The van der Waals surface area contributed by atoms with Gasteiger partial charge >= 0.3 is 0 Å². The average Bonchev–Trinajstić information content (AvgIpc) is 2.91. The molecular weight excluding hydrogens is 334 g/mol. The quantitative estimate of drug-likeness (QED) is 0.861. The lowest BCUT2D eigenvalue weighted by Crippen LogP contribution is -2.30. The molecule has 0 radical (unpaired) electrons. The van der Waals surface area contributed by atoms with Crippen molar-refractivity contribution in [3.8, 4) is 5.75 Å². The highest BCUT2D eigenvalue weighted by Crippen LogP contribution is 2.31. The van der Waals surface area contributed by atoms with Crippen molar-refractivity contribution in [2.24, 2.45) is 0 Å². The lowest BCUT2D eigenvalue weighted by Gasteiger charge is -2.26. The van der Waals surface area contributed by atoms with Gasteiger partial charge in [-0.05, 0) is 40.2 Å². The van der Waals surface area contributed by atoms with Gasteiger partial charge in [0.15, 0.2) is 4.67 Å². The van der Waals surface area contributed by atoms with Crippen molar-refractivity contribution in [1.29, 1.82) is 0 Å². The molecule has 1 unspecified atom stereocenters. The van der Waals surface area contributed by atoms with Gasteiger partial charge in [0, 0.05) is 18.1 Å². The fraction of sp³-hybridized carbons (Fsp3) is 0.188. The normalized spacial score (nSPS) is 17.3. The standard InChI is InChI=1S/C16H14BrNO3/c17-15-7-5-11(21-15)6-8-16(19)18-13-9-10-20-14-4-2-1-3-12(13)14/h1-8,13H,9-10H2,(H,18,19)/b8-6+. The molecule has 0 aliphatic carbocycles. The number of fused-ring (bicyclic) bond motifs is 1. The second kappa shape index (κ2) is 6.18. The monoisotopic (exact) mass is 347 g/mol. The first kappa shape index (κ1) is 13.9. The van der Waals surface area contributed by atoms with Crippen LogP contribution in [0.5, 0.6) is 5.75 Å². The van der Waals surface area contributed by atoms with Crippen LogP contribution >= 0.6 is 15.9 Å². The van der Waals surface area contributed by atoms with Gasteiger partial charge in [0.05, 0.1) is 12.6 Å². The molecule has 4 nitrogen and oxygen atoms in total. The van der Waals surface area contributed by atoms with Crippen LogP contribution in [0.1, 0.15) is 23.8 Å². The van der Waals surface area contributed by atoms with Crippen LogP contribution in [0, 0.1) is 0 Å². The molecule has 1 aromatic heterocycles. The Morgan fingerprint density at radius 3 is 2.95 bits per heavy atom. The molecule has 21 heavy (non-hydrogen) atoms. The van der Waals surface area contributed by atoms with E-state index in [4.69, 9.17) is 9.15 Å². The van der Waals surface area contributed by atoms with Crippen molar-refractivity contribution in [3.63, 3.8) is 0 Å². The molecule has 0 fully saturated rings. The maximum Gasteiger partial charge on any atom is 0.244 e. The minimum atomic E-state index is -0.149. The molecule has 0 spiro atoms. The van der Waals surface area contributed by atoms with E-state index in [1.54, 1.807) is 18.2 Å². The Hall–Kier alpha value is -2.01. The molecule has 1 N–H and O–H groups in total. The summed E-state index contributed by atoms with van der Waals surface area (Å²) in [7, 11) is 0. The molecular formula is C16H14BrNO3. The van der Waals surface area contributed by atoms with Crippen LogP contribution in [0.3, 0.4) is 0 Å². The van der Waals surface area contributed by atoms with Gasteiger partial charge in [0.2, 0.25) is 5.91 Å². The highest BCUT2D eigenvalue weighted by molar-refractivity contribution is 9.10. The van der Waals surface area contributed by atoms with E-state index in [9.17, 15) is 4.79 Å². The number of furan rings is 1. The predicted molar refractivity (Wildman–Crippen MR) is 82.9 cm³/mol. The number of carbonyl (C=O) groups excluding carboxylic acids is 1. The average molecular weight is 348 g/mol. The van der Waals surface area contributed by atoms with E-state index < -0.39 is 0 Å². The number of benzene rings is 1. The van der Waals surface area contributed by atoms with Crippen LogP contribution in [0.2, 0.25) is 0 Å². The number of halogens is 1. The Morgan fingerprint density at radius 2 is 2.14 bits per heavy atom. The Kier molecular flexibility index (Phi) is 4.10. The zero-order chi connectivity index (χ0) is 14.7. The summed E-state index contributed by atoms with van der Waals surface area (Å²) in [5.41, 5.74) is 1.02. The van der Waals surface area contributed by atoms with E-state index in [1.165, 1.54) is 6.08 Å². The minimum Gasteiger partial charge on any atom is -0.493 e. The lowest BCUT2D eigenvalue weighted by atomic mass is 10.0. The Labute approximate surface area is 130 Å². The number of ether oxygens (including phenoxy) is 1. The number of carbonyl (C=O) groups is 1. The first-order chi connectivity index (χ1) is 10.2. The summed E-state index contributed by atoms with van der Waals surface area (Å²) in [6, 6.07) is 11.3. The van der Waals surface area contributed by atoms with E-state index in [0.717, 1.165) is 17.7 Å². The van der Waals surface area contributed by atoms with Crippen molar-refractivity contribution < 1.29 is 13.9 Å². The van der Waals surface area contributed by atoms with E-state index >= 15 is 0 Å². The van der Waals surface area contributed by atoms with Gasteiger partial charge in [-0.2, -0.15) is 0 Å². The first-order valence-electron chi connectivity index (χ1n) is 6.68. The number of hydrogen-bond acceptors (Lipinski definition) is 3. The minimum absolute atomic E-state index is 0.0181. The fourth-order valence-corrected chi connectivity index (χ4v) is 2.61. The van der Waals surface area contributed by atoms with E-state index in [2.05, 4.69) is 21.2 Å². The molecule has 1 aliphatic rings. The van der Waals surface area contributed by atoms with Crippen molar-refractivity contribution >= 4 is 27.9 Å². The molecule has 1 aromatic carbocycles. The number of para-hydroxylation sites is 1. The Balaban J connectivity index is 1.67. The number of amides is 1. The van der Waals surface area contributed by atoms with Crippen molar-refractivity contribution in [3.05, 3.63) is 58.5 Å². The van der Waals surface area contributed by atoms with Gasteiger partial charge in [0.25, 0.3) is 0 Å². The van der Waals surface area contributed by atoms with Crippen LogP contribution in [0.15, 0.2) is 51.6 Å². The zero-order valence-electron chi connectivity index (χ0n) is 11.2. The second-order valence-corrected chi connectivity index (χ2v) is 5.49. The SMILES string of the molecule is O=C(/C=C/c1ccc(Br)o1)NC1CCOc2ccccc21. The highest BCUT2D eigenvalue weighted by atomic mass is 79.9. The maximum atomic E-state index is 12.0. The number of nitrogens with one attached hydrogen (secondary N) is 1. The largest absolute Gasteiger partial charge is 0.493 e. The van der Waals surface area contributed by atoms with Crippen molar-refractivity contribution in [1.82, 2.24) is 5.32 Å². The zero-order valence-corrected chi connectivity index (χ0v) is 12.8. The molecule has 1 aliphatic heterocycles. The summed E-state index contributed by atoms with van der Waals surface area (Å²) in [6.45, 7) is 0.608. The topological polar surface area (TPSA) is 51.5 Å². The molecule has 0 saturated heterocycles. The van der Waals surface area contributed by atoms with Gasteiger partial charge in [-0.1, -0.05) is 18.2 Å². The summed E-state index contributed by atoms with van der Waals surface area (Å²) in [5, 5.41) is 2.99. The van der Waals surface area contributed by atoms with Crippen LogP contribution in [-0.4, -0.2) is 12.5 Å². The van der Waals surface area contributed by atoms with E-state index in [-0.39, 0.29) is 11.9 Å². The van der Waals surface area contributed by atoms with Gasteiger partial charge < -0.3 is 14.5 Å².